The normalized spacial score (nSPS) is 12.7. The average molecular weight is 335 g/mol. The zero-order valence-corrected chi connectivity index (χ0v) is 14.2. The minimum absolute atomic E-state index is 0.0273. The Balaban J connectivity index is 2.23. The molecule has 2 N–H and O–H groups in total. The van der Waals surface area contributed by atoms with Gasteiger partial charge in [-0.15, -0.1) is 5.10 Å². The van der Waals surface area contributed by atoms with Crippen LogP contribution in [0.5, 0.6) is 0 Å². The van der Waals surface area contributed by atoms with Crippen LogP contribution in [0, 0.1) is 0 Å². The van der Waals surface area contributed by atoms with Crippen molar-refractivity contribution in [3.8, 4) is 0 Å². The maximum atomic E-state index is 11.9. The summed E-state index contributed by atoms with van der Waals surface area (Å²) >= 11 is 0. The number of benzene rings is 1. The molecule has 1 aromatic carbocycles. The number of amides is 1. The van der Waals surface area contributed by atoms with E-state index in [9.17, 15) is 4.79 Å². The van der Waals surface area contributed by atoms with Gasteiger partial charge in [-0.2, -0.15) is 0 Å². The molecule has 1 unspecified atom stereocenters. The summed E-state index contributed by atoms with van der Waals surface area (Å²) in [6.07, 6.45) is 0.332. The summed E-state index contributed by atoms with van der Waals surface area (Å²) in [6, 6.07) is 7.62. The van der Waals surface area contributed by atoms with Crippen molar-refractivity contribution in [2.45, 2.75) is 19.5 Å². The number of hydrogen-bond acceptors (Lipinski definition) is 6. The molecule has 8 heteroatoms. The Bertz CT molecular complexity index is 654. The molecule has 132 valence electrons. The Morgan fingerprint density at radius 3 is 2.50 bits per heavy atom. The number of aliphatic hydroxyl groups excluding tert-OH is 2. The average Bonchev–Trinajstić information content (AvgIpc) is 2.99. The Hall–Kier alpha value is -2.03. The third-order valence-corrected chi connectivity index (χ3v) is 4.14. The standard InChI is InChI=1S/C16H25N5O3/c1-13(24)19(2)16(7-8-20(9-11-22)10-12-23)21-15-6-4-3-5-14(15)17-18-21/h3-6,16,22-23H,7-12H2,1-2H3. The van der Waals surface area contributed by atoms with Gasteiger partial charge in [0.2, 0.25) is 5.91 Å². The zero-order chi connectivity index (χ0) is 17.5. The fourth-order valence-corrected chi connectivity index (χ4v) is 2.71. The van der Waals surface area contributed by atoms with Crippen molar-refractivity contribution in [3.05, 3.63) is 24.3 Å². The van der Waals surface area contributed by atoms with Crippen LogP contribution >= 0.6 is 0 Å². The van der Waals surface area contributed by atoms with Crippen molar-refractivity contribution < 1.29 is 15.0 Å². The highest BCUT2D eigenvalue weighted by atomic mass is 16.3. The van der Waals surface area contributed by atoms with E-state index in [4.69, 9.17) is 10.2 Å². The Labute approximate surface area is 141 Å². The zero-order valence-electron chi connectivity index (χ0n) is 14.2. The summed E-state index contributed by atoms with van der Waals surface area (Å²) in [5.41, 5.74) is 1.65. The van der Waals surface area contributed by atoms with Crippen LogP contribution in [0.25, 0.3) is 11.0 Å². The smallest absolute Gasteiger partial charge is 0.220 e. The van der Waals surface area contributed by atoms with E-state index in [0.29, 0.717) is 26.1 Å². The van der Waals surface area contributed by atoms with Crippen LogP contribution < -0.4 is 0 Å². The molecule has 1 heterocycles. The number of aliphatic hydroxyl groups is 2. The van der Waals surface area contributed by atoms with E-state index in [2.05, 4.69) is 10.3 Å². The number of nitrogens with zero attached hydrogens (tertiary/aromatic N) is 5. The molecule has 1 aromatic heterocycles. The SMILES string of the molecule is CC(=O)N(C)C(CCN(CCO)CCO)n1nnc2ccccc21. The molecule has 0 saturated heterocycles. The van der Waals surface area contributed by atoms with Crippen molar-refractivity contribution in [3.63, 3.8) is 0 Å². The second-order valence-corrected chi connectivity index (χ2v) is 5.71. The molecule has 0 bridgehead atoms. The van der Waals surface area contributed by atoms with Gasteiger partial charge in [-0.05, 0) is 12.1 Å². The van der Waals surface area contributed by atoms with Crippen molar-refractivity contribution in [1.82, 2.24) is 24.8 Å². The molecule has 0 fully saturated rings. The van der Waals surface area contributed by atoms with E-state index in [1.54, 1.807) is 16.6 Å². The molecule has 0 aliphatic carbocycles. The lowest BCUT2D eigenvalue weighted by Gasteiger charge is -2.30. The second-order valence-electron chi connectivity index (χ2n) is 5.71. The first-order valence-corrected chi connectivity index (χ1v) is 8.06. The molecular weight excluding hydrogens is 310 g/mol. The number of para-hydroxylation sites is 1. The first kappa shape index (κ1) is 18.3. The van der Waals surface area contributed by atoms with Gasteiger partial charge in [0, 0.05) is 40.0 Å². The minimum atomic E-state index is -0.283. The molecule has 24 heavy (non-hydrogen) atoms. The summed E-state index contributed by atoms with van der Waals surface area (Å²) in [5.74, 6) is -0.0598. The van der Waals surface area contributed by atoms with E-state index in [1.807, 2.05) is 29.2 Å². The Morgan fingerprint density at radius 2 is 1.88 bits per heavy atom. The van der Waals surface area contributed by atoms with Gasteiger partial charge in [0.15, 0.2) is 0 Å². The molecule has 2 rings (SSSR count). The van der Waals surface area contributed by atoms with Gasteiger partial charge in [0.05, 0.1) is 18.7 Å². The number of fused-ring (bicyclic) bond motifs is 1. The first-order chi connectivity index (χ1) is 11.6. The molecule has 1 amide bonds. The summed E-state index contributed by atoms with van der Waals surface area (Å²) in [5, 5.41) is 26.7. The van der Waals surface area contributed by atoms with E-state index in [1.165, 1.54) is 6.92 Å². The predicted octanol–water partition coefficient (Wildman–Crippen LogP) is 0.0849. The molecule has 2 aromatic rings. The van der Waals surface area contributed by atoms with E-state index < -0.39 is 0 Å². The van der Waals surface area contributed by atoms with Crippen molar-refractivity contribution in [1.29, 1.82) is 0 Å². The molecule has 0 aliphatic heterocycles. The van der Waals surface area contributed by atoms with Gasteiger partial charge in [-0.1, -0.05) is 17.3 Å². The van der Waals surface area contributed by atoms with Gasteiger partial charge in [0.25, 0.3) is 0 Å². The van der Waals surface area contributed by atoms with Crippen molar-refractivity contribution in [2.75, 3.05) is 39.9 Å². The van der Waals surface area contributed by atoms with Crippen LogP contribution in [0.1, 0.15) is 19.5 Å². The highest BCUT2D eigenvalue weighted by Gasteiger charge is 2.23. The van der Waals surface area contributed by atoms with E-state index in [-0.39, 0.29) is 25.3 Å². The topological polar surface area (TPSA) is 94.7 Å². The highest BCUT2D eigenvalue weighted by molar-refractivity contribution is 5.75. The molecule has 0 spiro atoms. The highest BCUT2D eigenvalue weighted by Crippen LogP contribution is 2.21. The van der Waals surface area contributed by atoms with Crippen LogP contribution in [-0.4, -0.2) is 80.8 Å². The van der Waals surface area contributed by atoms with Gasteiger partial charge in [0.1, 0.15) is 11.7 Å². The number of aromatic nitrogens is 3. The summed E-state index contributed by atoms with van der Waals surface area (Å²) < 4.78 is 1.76. The summed E-state index contributed by atoms with van der Waals surface area (Å²) in [7, 11) is 1.74. The molecule has 8 nitrogen and oxygen atoms in total. The van der Waals surface area contributed by atoms with E-state index >= 15 is 0 Å². The Morgan fingerprint density at radius 1 is 1.21 bits per heavy atom. The molecular formula is C16H25N5O3. The summed E-state index contributed by atoms with van der Waals surface area (Å²) in [4.78, 5) is 15.5. The van der Waals surface area contributed by atoms with Gasteiger partial charge in [-0.3, -0.25) is 9.69 Å². The van der Waals surface area contributed by atoms with Gasteiger partial charge >= 0.3 is 0 Å². The Kier molecular flexibility index (Phi) is 6.65. The molecule has 1 atom stereocenters. The van der Waals surface area contributed by atoms with Crippen LogP contribution in [-0.2, 0) is 4.79 Å². The number of hydrogen-bond donors (Lipinski definition) is 2. The number of carbonyl (C=O) groups excluding carboxylic acids is 1. The van der Waals surface area contributed by atoms with Crippen molar-refractivity contribution >= 4 is 16.9 Å². The lowest BCUT2D eigenvalue weighted by Crippen LogP contribution is -2.38. The summed E-state index contributed by atoms with van der Waals surface area (Å²) in [6.45, 7) is 3.16. The largest absolute Gasteiger partial charge is 0.395 e. The molecule has 0 radical (unpaired) electrons. The number of carbonyl (C=O) groups is 1. The maximum Gasteiger partial charge on any atom is 0.220 e. The fraction of sp³-hybridized carbons (Fsp3) is 0.562. The van der Waals surface area contributed by atoms with Gasteiger partial charge < -0.3 is 15.1 Å². The number of rotatable bonds is 9. The molecule has 0 aliphatic rings. The fourth-order valence-electron chi connectivity index (χ4n) is 2.71. The first-order valence-electron chi connectivity index (χ1n) is 8.06. The third kappa shape index (κ3) is 4.28. The van der Waals surface area contributed by atoms with Crippen LogP contribution in [0.3, 0.4) is 0 Å². The lowest BCUT2D eigenvalue weighted by molar-refractivity contribution is -0.131. The monoisotopic (exact) mass is 335 g/mol. The van der Waals surface area contributed by atoms with Crippen LogP contribution in [0.4, 0.5) is 0 Å². The minimum Gasteiger partial charge on any atom is -0.395 e. The third-order valence-electron chi connectivity index (χ3n) is 4.14. The molecule has 0 saturated carbocycles. The van der Waals surface area contributed by atoms with Crippen LogP contribution in [0.2, 0.25) is 0 Å². The lowest BCUT2D eigenvalue weighted by atomic mass is 10.2. The van der Waals surface area contributed by atoms with Crippen molar-refractivity contribution in [2.24, 2.45) is 0 Å². The second kappa shape index (κ2) is 8.72. The maximum absolute atomic E-state index is 11.9. The van der Waals surface area contributed by atoms with E-state index in [0.717, 1.165) is 11.0 Å². The van der Waals surface area contributed by atoms with Crippen LogP contribution in [0.15, 0.2) is 24.3 Å². The van der Waals surface area contributed by atoms with Gasteiger partial charge in [-0.25, -0.2) is 4.68 Å². The quantitative estimate of drug-likeness (QED) is 0.674. The predicted molar refractivity (Wildman–Crippen MR) is 90.2 cm³/mol.